The van der Waals surface area contributed by atoms with Crippen LogP contribution >= 0.6 is 11.6 Å². The monoisotopic (exact) mass is 301 g/mol. The molecule has 0 spiro atoms. The number of hydrogen-bond donors (Lipinski definition) is 2. The molecule has 1 unspecified atom stereocenters. The molecule has 114 valence electrons. The lowest BCUT2D eigenvalue weighted by molar-refractivity contribution is 0.0266. The van der Waals surface area contributed by atoms with E-state index < -0.39 is 6.10 Å². The summed E-state index contributed by atoms with van der Waals surface area (Å²) in [5, 5.41) is 13.6. The highest BCUT2D eigenvalue weighted by Crippen LogP contribution is 2.10. The Hall–Kier alpha value is -0.650. The van der Waals surface area contributed by atoms with E-state index in [0.29, 0.717) is 31.4 Å². The normalized spacial score (nSPS) is 12.8. The zero-order valence-electron chi connectivity index (χ0n) is 12.1. The molecule has 1 aromatic rings. The first-order valence-electron chi connectivity index (χ1n) is 6.90. The van der Waals surface area contributed by atoms with E-state index in [9.17, 15) is 5.11 Å². The number of hydrogen-bond acceptors (Lipinski definition) is 4. The van der Waals surface area contributed by atoms with Crippen LogP contribution in [0.4, 0.5) is 0 Å². The van der Waals surface area contributed by atoms with E-state index in [0.717, 1.165) is 12.1 Å². The third-order valence-electron chi connectivity index (χ3n) is 2.60. The lowest BCUT2D eigenvalue weighted by atomic mass is 10.2. The Kier molecular flexibility index (Phi) is 8.82. The number of halogens is 1. The lowest BCUT2D eigenvalue weighted by Gasteiger charge is -2.13. The van der Waals surface area contributed by atoms with Crippen molar-refractivity contribution in [3.8, 4) is 0 Å². The van der Waals surface area contributed by atoms with Crippen molar-refractivity contribution >= 4 is 11.6 Å². The van der Waals surface area contributed by atoms with Gasteiger partial charge in [0.2, 0.25) is 0 Å². The molecule has 0 amide bonds. The van der Waals surface area contributed by atoms with Gasteiger partial charge in [-0.25, -0.2) is 0 Å². The minimum Gasteiger partial charge on any atom is -0.389 e. The Bertz CT molecular complexity index is 357. The van der Waals surface area contributed by atoms with E-state index >= 15 is 0 Å². The van der Waals surface area contributed by atoms with Gasteiger partial charge in [-0.05, 0) is 31.5 Å². The highest BCUT2D eigenvalue weighted by atomic mass is 35.5. The molecular weight excluding hydrogens is 278 g/mol. The number of aliphatic hydroxyl groups excluding tert-OH is 1. The second-order valence-corrected chi connectivity index (χ2v) is 5.36. The highest BCUT2D eigenvalue weighted by Gasteiger charge is 2.04. The van der Waals surface area contributed by atoms with E-state index in [2.05, 4.69) is 5.32 Å². The third kappa shape index (κ3) is 8.51. The first kappa shape index (κ1) is 17.4. The minimum atomic E-state index is -0.513. The Labute approximate surface area is 126 Å². The van der Waals surface area contributed by atoms with E-state index in [1.54, 1.807) is 0 Å². The molecule has 0 bridgehead atoms. The quantitative estimate of drug-likeness (QED) is 0.651. The number of aliphatic hydroxyl groups is 1. The molecule has 5 heteroatoms. The summed E-state index contributed by atoms with van der Waals surface area (Å²) in [6.45, 7) is 6.66. The number of ether oxygens (including phenoxy) is 2. The first-order valence-corrected chi connectivity index (χ1v) is 7.28. The molecule has 4 nitrogen and oxygen atoms in total. The van der Waals surface area contributed by atoms with Crippen LogP contribution in [0.5, 0.6) is 0 Å². The van der Waals surface area contributed by atoms with Crippen molar-refractivity contribution in [2.45, 2.75) is 32.7 Å². The summed E-state index contributed by atoms with van der Waals surface area (Å²) in [4.78, 5) is 0. The summed E-state index contributed by atoms with van der Waals surface area (Å²) in [5.74, 6) is 0. The van der Waals surface area contributed by atoms with Crippen molar-refractivity contribution < 1.29 is 14.6 Å². The largest absolute Gasteiger partial charge is 0.389 e. The SMILES string of the molecule is CC(C)OCCNCC(O)COCc1ccc(Cl)cc1. The van der Waals surface area contributed by atoms with Crippen molar-refractivity contribution in [1.82, 2.24) is 5.32 Å². The summed E-state index contributed by atoms with van der Waals surface area (Å²) in [6.07, 6.45) is -0.272. The molecule has 0 aliphatic heterocycles. The van der Waals surface area contributed by atoms with Crippen LogP contribution in [0.1, 0.15) is 19.4 Å². The molecule has 1 aromatic carbocycles. The second-order valence-electron chi connectivity index (χ2n) is 4.92. The standard InChI is InChI=1S/C15H24ClNO3/c1-12(2)20-8-7-17-9-15(18)11-19-10-13-3-5-14(16)6-4-13/h3-6,12,15,17-18H,7-11H2,1-2H3. The fourth-order valence-electron chi connectivity index (χ4n) is 1.59. The van der Waals surface area contributed by atoms with Gasteiger partial charge in [-0.3, -0.25) is 0 Å². The van der Waals surface area contributed by atoms with Gasteiger partial charge in [0, 0.05) is 18.1 Å². The van der Waals surface area contributed by atoms with Crippen LogP contribution in [0.2, 0.25) is 5.02 Å². The Balaban J connectivity index is 2.02. The zero-order valence-corrected chi connectivity index (χ0v) is 12.9. The van der Waals surface area contributed by atoms with Crippen LogP contribution < -0.4 is 5.32 Å². The average molecular weight is 302 g/mol. The van der Waals surface area contributed by atoms with E-state index in [-0.39, 0.29) is 6.10 Å². The fraction of sp³-hybridized carbons (Fsp3) is 0.600. The zero-order chi connectivity index (χ0) is 14.8. The molecule has 1 rings (SSSR count). The van der Waals surface area contributed by atoms with Crippen molar-refractivity contribution in [3.63, 3.8) is 0 Å². The van der Waals surface area contributed by atoms with Crippen molar-refractivity contribution in [2.75, 3.05) is 26.3 Å². The number of nitrogens with one attached hydrogen (secondary N) is 1. The first-order chi connectivity index (χ1) is 9.58. The van der Waals surface area contributed by atoms with Gasteiger partial charge in [0.05, 0.1) is 32.0 Å². The van der Waals surface area contributed by atoms with Gasteiger partial charge >= 0.3 is 0 Å². The Morgan fingerprint density at radius 1 is 1.25 bits per heavy atom. The van der Waals surface area contributed by atoms with Gasteiger partial charge in [0.1, 0.15) is 0 Å². The molecule has 1 atom stereocenters. The Morgan fingerprint density at radius 2 is 1.95 bits per heavy atom. The molecular formula is C15H24ClNO3. The molecule has 0 aromatic heterocycles. The summed E-state index contributed by atoms with van der Waals surface area (Å²) >= 11 is 5.80. The summed E-state index contributed by atoms with van der Waals surface area (Å²) in [5.41, 5.74) is 1.04. The molecule has 0 heterocycles. The number of benzene rings is 1. The summed E-state index contributed by atoms with van der Waals surface area (Å²) in [6, 6.07) is 7.48. The van der Waals surface area contributed by atoms with Gasteiger partial charge in [-0.2, -0.15) is 0 Å². The van der Waals surface area contributed by atoms with E-state index in [1.165, 1.54) is 0 Å². The second kappa shape index (κ2) is 10.1. The van der Waals surface area contributed by atoms with Crippen LogP contribution in [-0.2, 0) is 16.1 Å². The third-order valence-corrected chi connectivity index (χ3v) is 2.85. The topological polar surface area (TPSA) is 50.7 Å². The summed E-state index contributed by atoms with van der Waals surface area (Å²) in [7, 11) is 0. The van der Waals surface area contributed by atoms with Gasteiger partial charge in [0.15, 0.2) is 0 Å². The van der Waals surface area contributed by atoms with Gasteiger partial charge in [0.25, 0.3) is 0 Å². The van der Waals surface area contributed by atoms with E-state index in [1.807, 2.05) is 38.1 Å². The van der Waals surface area contributed by atoms with Crippen LogP contribution in [0.25, 0.3) is 0 Å². The number of rotatable bonds is 10. The molecule has 0 saturated carbocycles. The molecule has 0 aliphatic rings. The fourth-order valence-corrected chi connectivity index (χ4v) is 1.71. The average Bonchev–Trinajstić information content (AvgIpc) is 2.40. The predicted molar refractivity (Wildman–Crippen MR) is 81.1 cm³/mol. The summed E-state index contributed by atoms with van der Waals surface area (Å²) < 4.78 is 10.8. The van der Waals surface area contributed by atoms with Gasteiger partial charge < -0.3 is 19.9 Å². The van der Waals surface area contributed by atoms with Crippen molar-refractivity contribution in [3.05, 3.63) is 34.9 Å². The van der Waals surface area contributed by atoms with Gasteiger partial charge in [-0.1, -0.05) is 23.7 Å². The molecule has 0 radical (unpaired) electrons. The molecule has 2 N–H and O–H groups in total. The van der Waals surface area contributed by atoms with Crippen molar-refractivity contribution in [1.29, 1.82) is 0 Å². The molecule has 0 saturated heterocycles. The lowest BCUT2D eigenvalue weighted by Crippen LogP contribution is -2.32. The van der Waals surface area contributed by atoms with Crippen molar-refractivity contribution in [2.24, 2.45) is 0 Å². The maximum Gasteiger partial charge on any atom is 0.0897 e. The van der Waals surface area contributed by atoms with E-state index in [4.69, 9.17) is 21.1 Å². The Morgan fingerprint density at radius 3 is 2.60 bits per heavy atom. The maximum atomic E-state index is 9.73. The smallest absolute Gasteiger partial charge is 0.0897 e. The molecule has 0 aliphatic carbocycles. The maximum absolute atomic E-state index is 9.73. The molecule has 0 fully saturated rings. The molecule has 20 heavy (non-hydrogen) atoms. The van der Waals surface area contributed by atoms with Crippen LogP contribution in [0.3, 0.4) is 0 Å². The van der Waals surface area contributed by atoms with Crippen LogP contribution in [0.15, 0.2) is 24.3 Å². The van der Waals surface area contributed by atoms with Gasteiger partial charge in [-0.15, -0.1) is 0 Å². The highest BCUT2D eigenvalue weighted by molar-refractivity contribution is 6.30. The predicted octanol–water partition coefficient (Wildman–Crippen LogP) is 2.23. The minimum absolute atomic E-state index is 0.240. The van der Waals surface area contributed by atoms with Crippen LogP contribution in [0, 0.1) is 0 Å². The van der Waals surface area contributed by atoms with Crippen LogP contribution in [-0.4, -0.2) is 43.6 Å².